The van der Waals surface area contributed by atoms with E-state index in [0.29, 0.717) is 24.7 Å². The summed E-state index contributed by atoms with van der Waals surface area (Å²) in [5.41, 5.74) is 1.43. The van der Waals surface area contributed by atoms with Crippen LogP contribution in [-0.4, -0.2) is 38.7 Å². The van der Waals surface area contributed by atoms with E-state index in [1.54, 1.807) is 6.20 Å². The maximum atomic E-state index is 12.2. The molecule has 0 spiro atoms. The third kappa shape index (κ3) is 3.55. The first kappa shape index (κ1) is 16.4. The van der Waals surface area contributed by atoms with Crippen LogP contribution in [0.3, 0.4) is 0 Å². The molecule has 1 atom stereocenters. The number of rotatable bonds is 6. The van der Waals surface area contributed by atoms with Crippen molar-refractivity contribution in [3.05, 3.63) is 35.5 Å². The van der Waals surface area contributed by atoms with Crippen LogP contribution in [0.5, 0.6) is 0 Å². The highest BCUT2D eigenvalue weighted by Gasteiger charge is 2.24. The van der Waals surface area contributed by atoms with Crippen LogP contribution >= 0.6 is 0 Å². The fourth-order valence-electron chi connectivity index (χ4n) is 2.82. The highest BCUT2D eigenvalue weighted by molar-refractivity contribution is 5.95. The number of hydrogen-bond acceptors (Lipinski definition) is 5. The molecule has 0 saturated carbocycles. The lowest BCUT2D eigenvalue weighted by Gasteiger charge is -2.21. The first-order valence-corrected chi connectivity index (χ1v) is 8.45. The summed E-state index contributed by atoms with van der Waals surface area (Å²) in [6, 6.07) is 2.10. The summed E-state index contributed by atoms with van der Waals surface area (Å²) in [5, 5.41) is 10.5. The standard InChI is InChI=1S/C17H24N6O/c1-11(2)9-14-21-15-13(5-7-18-17(15)24)16(22-14)19-10-12(3)23-8-4-6-20-23/h4,6,8,11-12H,5,7,9-10H2,1-3H3,(H,18,24)(H,19,21,22). The van der Waals surface area contributed by atoms with E-state index in [-0.39, 0.29) is 11.9 Å². The Morgan fingerprint density at radius 3 is 2.88 bits per heavy atom. The van der Waals surface area contributed by atoms with E-state index in [9.17, 15) is 4.79 Å². The third-order valence-corrected chi connectivity index (χ3v) is 4.06. The van der Waals surface area contributed by atoms with E-state index in [4.69, 9.17) is 0 Å². The van der Waals surface area contributed by atoms with Crippen LogP contribution in [0.25, 0.3) is 0 Å². The molecule has 0 bridgehead atoms. The molecule has 0 aromatic carbocycles. The van der Waals surface area contributed by atoms with Gasteiger partial charge in [-0.15, -0.1) is 0 Å². The van der Waals surface area contributed by atoms with Gasteiger partial charge in [-0.05, 0) is 25.3 Å². The van der Waals surface area contributed by atoms with Crippen LogP contribution in [0.2, 0.25) is 0 Å². The van der Waals surface area contributed by atoms with Crippen LogP contribution in [0.4, 0.5) is 5.82 Å². The molecule has 0 saturated heterocycles. The van der Waals surface area contributed by atoms with Crippen molar-refractivity contribution in [2.45, 2.75) is 39.7 Å². The van der Waals surface area contributed by atoms with Crippen LogP contribution < -0.4 is 10.6 Å². The minimum absolute atomic E-state index is 0.105. The quantitative estimate of drug-likeness (QED) is 0.845. The summed E-state index contributed by atoms with van der Waals surface area (Å²) >= 11 is 0. The smallest absolute Gasteiger partial charge is 0.270 e. The minimum Gasteiger partial charge on any atom is -0.368 e. The van der Waals surface area contributed by atoms with Gasteiger partial charge in [0.05, 0.1) is 6.04 Å². The lowest BCUT2D eigenvalue weighted by atomic mass is 10.0. The number of carbonyl (C=O) groups is 1. The molecule has 2 aromatic rings. The van der Waals surface area contributed by atoms with Gasteiger partial charge in [-0.1, -0.05) is 13.8 Å². The Morgan fingerprint density at radius 1 is 1.33 bits per heavy atom. The summed E-state index contributed by atoms with van der Waals surface area (Å²) in [6.07, 6.45) is 5.22. The SMILES string of the molecule is CC(C)Cc1nc(NCC(C)n2cccn2)c2c(n1)C(=O)NCC2. The van der Waals surface area contributed by atoms with E-state index in [1.165, 1.54) is 0 Å². The normalized spacial score (nSPS) is 15.1. The highest BCUT2D eigenvalue weighted by Crippen LogP contribution is 2.22. The maximum Gasteiger partial charge on any atom is 0.270 e. The number of nitrogens with one attached hydrogen (secondary N) is 2. The fourth-order valence-corrected chi connectivity index (χ4v) is 2.82. The lowest BCUT2D eigenvalue weighted by Crippen LogP contribution is -2.34. The molecule has 2 aromatic heterocycles. The van der Waals surface area contributed by atoms with Crippen molar-refractivity contribution in [3.8, 4) is 0 Å². The summed E-state index contributed by atoms with van der Waals surface area (Å²) in [5.74, 6) is 1.83. The number of fused-ring (bicyclic) bond motifs is 1. The number of amides is 1. The summed E-state index contributed by atoms with van der Waals surface area (Å²) in [6.45, 7) is 7.65. The van der Waals surface area contributed by atoms with Gasteiger partial charge in [-0.25, -0.2) is 9.97 Å². The number of aromatic nitrogens is 4. The Labute approximate surface area is 141 Å². The molecule has 128 valence electrons. The summed E-state index contributed by atoms with van der Waals surface area (Å²) < 4.78 is 1.91. The first-order valence-electron chi connectivity index (χ1n) is 8.45. The Hall–Kier alpha value is -2.44. The minimum atomic E-state index is -0.105. The van der Waals surface area contributed by atoms with Crippen molar-refractivity contribution in [3.63, 3.8) is 0 Å². The van der Waals surface area contributed by atoms with Crippen molar-refractivity contribution in [1.82, 2.24) is 25.1 Å². The van der Waals surface area contributed by atoms with E-state index in [0.717, 1.165) is 30.0 Å². The van der Waals surface area contributed by atoms with Crippen molar-refractivity contribution >= 4 is 11.7 Å². The Morgan fingerprint density at radius 2 is 2.17 bits per heavy atom. The van der Waals surface area contributed by atoms with Gasteiger partial charge in [0.15, 0.2) is 0 Å². The van der Waals surface area contributed by atoms with E-state index in [1.807, 2.05) is 16.9 Å². The number of carbonyl (C=O) groups excluding carboxylic acids is 1. The zero-order chi connectivity index (χ0) is 17.1. The molecule has 2 N–H and O–H groups in total. The highest BCUT2D eigenvalue weighted by atomic mass is 16.1. The molecule has 24 heavy (non-hydrogen) atoms. The lowest BCUT2D eigenvalue weighted by molar-refractivity contribution is 0.0940. The summed E-state index contributed by atoms with van der Waals surface area (Å²) in [4.78, 5) is 21.3. The molecule has 1 unspecified atom stereocenters. The second kappa shape index (κ2) is 6.98. The van der Waals surface area contributed by atoms with E-state index in [2.05, 4.69) is 46.5 Å². The van der Waals surface area contributed by atoms with Gasteiger partial charge in [0.25, 0.3) is 5.91 Å². The second-order valence-electron chi connectivity index (χ2n) is 6.64. The monoisotopic (exact) mass is 328 g/mol. The topological polar surface area (TPSA) is 84.7 Å². The van der Waals surface area contributed by atoms with Gasteiger partial charge >= 0.3 is 0 Å². The fraction of sp³-hybridized carbons (Fsp3) is 0.529. The van der Waals surface area contributed by atoms with Crippen LogP contribution in [0, 0.1) is 5.92 Å². The zero-order valence-corrected chi connectivity index (χ0v) is 14.4. The number of nitrogens with zero attached hydrogens (tertiary/aromatic N) is 4. The van der Waals surface area contributed by atoms with Crippen molar-refractivity contribution in [1.29, 1.82) is 0 Å². The predicted molar refractivity (Wildman–Crippen MR) is 92.0 cm³/mol. The van der Waals surface area contributed by atoms with Crippen molar-refractivity contribution in [2.75, 3.05) is 18.4 Å². The van der Waals surface area contributed by atoms with Crippen LogP contribution in [0.1, 0.15) is 48.7 Å². The molecule has 1 amide bonds. The molecule has 1 aliphatic heterocycles. The Balaban J connectivity index is 1.84. The molecule has 0 fully saturated rings. The molecule has 3 heterocycles. The second-order valence-corrected chi connectivity index (χ2v) is 6.64. The predicted octanol–water partition coefficient (Wildman–Crippen LogP) is 1.83. The molecular weight excluding hydrogens is 304 g/mol. The molecule has 7 heteroatoms. The first-order chi connectivity index (χ1) is 11.5. The van der Waals surface area contributed by atoms with Crippen LogP contribution in [-0.2, 0) is 12.8 Å². The molecule has 3 rings (SSSR count). The summed E-state index contributed by atoms with van der Waals surface area (Å²) in [7, 11) is 0. The van der Waals surface area contributed by atoms with Gasteiger partial charge in [0, 0.05) is 37.5 Å². The molecule has 0 radical (unpaired) electrons. The molecule has 1 aliphatic rings. The Kier molecular flexibility index (Phi) is 4.78. The average Bonchev–Trinajstić information content (AvgIpc) is 3.07. The Bertz CT molecular complexity index is 710. The molecule has 7 nitrogen and oxygen atoms in total. The van der Waals surface area contributed by atoms with Gasteiger partial charge in [-0.2, -0.15) is 5.10 Å². The third-order valence-electron chi connectivity index (χ3n) is 4.06. The zero-order valence-electron chi connectivity index (χ0n) is 14.4. The van der Waals surface area contributed by atoms with E-state index < -0.39 is 0 Å². The van der Waals surface area contributed by atoms with Gasteiger partial charge in [0.2, 0.25) is 0 Å². The van der Waals surface area contributed by atoms with Gasteiger partial charge in [0.1, 0.15) is 17.3 Å². The maximum absolute atomic E-state index is 12.2. The number of anilines is 1. The molecular formula is C17H24N6O. The van der Waals surface area contributed by atoms with Crippen molar-refractivity contribution in [2.24, 2.45) is 5.92 Å². The van der Waals surface area contributed by atoms with Crippen molar-refractivity contribution < 1.29 is 4.79 Å². The largest absolute Gasteiger partial charge is 0.368 e. The number of hydrogen-bond donors (Lipinski definition) is 2. The van der Waals surface area contributed by atoms with E-state index >= 15 is 0 Å². The van der Waals surface area contributed by atoms with Gasteiger partial charge in [-0.3, -0.25) is 9.48 Å². The average molecular weight is 328 g/mol. The van der Waals surface area contributed by atoms with Crippen LogP contribution in [0.15, 0.2) is 18.5 Å². The molecule has 0 aliphatic carbocycles. The van der Waals surface area contributed by atoms with Gasteiger partial charge < -0.3 is 10.6 Å².